The number of rotatable bonds is 3. The number of nitrogens with zero attached hydrogens (tertiary/aromatic N) is 1. The molecule has 0 aromatic heterocycles. The highest BCUT2D eigenvalue weighted by molar-refractivity contribution is 5.77. The SMILES string of the molecule is CC(NC(=O)N1CCOC(C(=O)O)C1)c1cccc(F)c1. The van der Waals surface area contributed by atoms with E-state index in [4.69, 9.17) is 9.84 Å². The number of aliphatic carboxylic acids is 1. The summed E-state index contributed by atoms with van der Waals surface area (Å²) in [5.74, 6) is -1.46. The molecule has 6 nitrogen and oxygen atoms in total. The number of nitrogens with one attached hydrogen (secondary N) is 1. The number of carboxylic acid groups (broad SMARTS) is 1. The Morgan fingerprint density at radius 3 is 2.95 bits per heavy atom. The summed E-state index contributed by atoms with van der Waals surface area (Å²) in [6, 6.07) is 5.21. The van der Waals surface area contributed by atoms with Crippen LogP contribution in [0.2, 0.25) is 0 Å². The van der Waals surface area contributed by atoms with Gasteiger partial charge in [0.25, 0.3) is 0 Å². The van der Waals surface area contributed by atoms with Crippen LogP contribution in [0.15, 0.2) is 24.3 Å². The molecule has 114 valence electrons. The van der Waals surface area contributed by atoms with Crippen LogP contribution in [0.4, 0.5) is 9.18 Å². The van der Waals surface area contributed by atoms with E-state index in [1.165, 1.54) is 17.0 Å². The van der Waals surface area contributed by atoms with Gasteiger partial charge in [-0.05, 0) is 24.6 Å². The zero-order valence-corrected chi connectivity index (χ0v) is 11.6. The average Bonchev–Trinajstić information content (AvgIpc) is 2.47. The van der Waals surface area contributed by atoms with Gasteiger partial charge in [-0.3, -0.25) is 0 Å². The van der Waals surface area contributed by atoms with Crippen molar-refractivity contribution in [2.75, 3.05) is 19.7 Å². The predicted octanol–water partition coefficient (Wildman–Crippen LogP) is 1.38. The van der Waals surface area contributed by atoms with E-state index in [9.17, 15) is 14.0 Å². The summed E-state index contributed by atoms with van der Waals surface area (Å²) in [6.07, 6.45) is -1.01. The second-order valence-corrected chi connectivity index (χ2v) is 4.87. The standard InChI is InChI=1S/C14H17FN2O4/c1-9(10-3-2-4-11(15)7-10)16-14(20)17-5-6-21-12(8-17)13(18)19/h2-4,7,9,12H,5-6,8H2,1H3,(H,16,20)(H,18,19). The molecule has 2 amide bonds. The third-order valence-electron chi connectivity index (χ3n) is 3.32. The average molecular weight is 296 g/mol. The number of carbonyl (C=O) groups is 2. The quantitative estimate of drug-likeness (QED) is 0.883. The van der Waals surface area contributed by atoms with Crippen molar-refractivity contribution >= 4 is 12.0 Å². The lowest BCUT2D eigenvalue weighted by Gasteiger charge is -2.31. The summed E-state index contributed by atoms with van der Waals surface area (Å²) < 4.78 is 18.2. The lowest BCUT2D eigenvalue weighted by molar-refractivity contribution is -0.154. The lowest BCUT2D eigenvalue weighted by atomic mass is 10.1. The Kier molecular flexibility index (Phi) is 4.74. The predicted molar refractivity (Wildman–Crippen MR) is 72.3 cm³/mol. The Morgan fingerprint density at radius 2 is 2.29 bits per heavy atom. The van der Waals surface area contributed by atoms with Gasteiger partial charge in [-0.1, -0.05) is 12.1 Å². The monoisotopic (exact) mass is 296 g/mol. The number of ether oxygens (including phenoxy) is 1. The van der Waals surface area contributed by atoms with E-state index in [0.29, 0.717) is 12.1 Å². The number of carbonyl (C=O) groups excluding carboxylic acids is 1. The molecule has 1 aliphatic heterocycles. The Hall–Kier alpha value is -2.15. The topological polar surface area (TPSA) is 78.9 Å². The van der Waals surface area contributed by atoms with Crippen molar-refractivity contribution in [1.29, 1.82) is 0 Å². The van der Waals surface area contributed by atoms with E-state index >= 15 is 0 Å². The number of hydrogen-bond acceptors (Lipinski definition) is 3. The third-order valence-corrected chi connectivity index (χ3v) is 3.32. The highest BCUT2D eigenvalue weighted by Crippen LogP contribution is 2.14. The van der Waals surface area contributed by atoms with E-state index in [1.54, 1.807) is 19.1 Å². The van der Waals surface area contributed by atoms with Crippen molar-refractivity contribution < 1.29 is 23.8 Å². The summed E-state index contributed by atoms with van der Waals surface area (Å²) in [5, 5.41) is 11.6. The van der Waals surface area contributed by atoms with Gasteiger partial charge in [0.15, 0.2) is 6.10 Å². The second-order valence-electron chi connectivity index (χ2n) is 4.87. The fourth-order valence-electron chi connectivity index (χ4n) is 2.12. The Labute approximate surface area is 121 Å². The summed E-state index contributed by atoms with van der Waals surface area (Å²) in [5.41, 5.74) is 0.645. The molecular formula is C14H17FN2O4. The molecule has 2 atom stereocenters. The van der Waals surface area contributed by atoms with Gasteiger partial charge in [0, 0.05) is 6.54 Å². The molecule has 1 fully saturated rings. The molecule has 1 aromatic carbocycles. The molecule has 2 unspecified atom stereocenters. The van der Waals surface area contributed by atoms with Crippen LogP contribution in [0.25, 0.3) is 0 Å². The highest BCUT2D eigenvalue weighted by Gasteiger charge is 2.29. The van der Waals surface area contributed by atoms with Crippen LogP contribution in [0, 0.1) is 5.82 Å². The molecule has 1 saturated heterocycles. The first-order chi connectivity index (χ1) is 9.97. The molecule has 1 heterocycles. The van der Waals surface area contributed by atoms with Crippen LogP contribution in [0.1, 0.15) is 18.5 Å². The highest BCUT2D eigenvalue weighted by atomic mass is 19.1. The molecular weight excluding hydrogens is 279 g/mol. The minimum atomic E-state index is -1.09. The normalized spacial score (nSPS) is 19.9. The maximum absolute atomic E-state index is 13.2. The first-order valence-corrected chi connectivity index (χ1v) is 6.62. The summed E-state index contributed by atoms with van der Waals surface area (Å²) in [4.78, 5) is 24.4. The molecule has 2 rings (SSSR count). The van der Waals surface area contributed by atoms with Gasteiger partial charge in [0.05, 0.1) is 19.2 Å². The van der Waals surface area contributed by atoms with Gasteiger partial charge in [-0.25, -0.2) is 14.0 Å². The van der Waals surface area contributed by atoms with Crippen LogP contribution in [-0.4, -0.2) is 47.8 Å². The third kappa shape index (κ3) is 3.91. The van der Waals surface area contributed by atoms with E-state index in [2.05, 4.69) is 5.32 Å². The fourth-order valence-corrected chi connectivity index (χ4v) is 2.12. The molecule has 21 heavy (non-hydrogen) atoms. The summed E-state index contributed by atoms with van der Waals surface area (Å²) >= 11 is 0. The van der Waals surface area contributed by atoms with Gasteiger partial charge in [-0.2, -0.15) is 0 Å². The first-order valence-electron chi connectivity index (χ1n) is 6.62. The number of amides is 2. The van der Waals surface area contributed by atoms with Crippen LogP contribution in [0.5, 0.6) is 0 Å². The van der Waals surface area contributed by atoms with Crippen LogP contribution < -0.4 is 5.32 Å². The zero-order chi connectivity index (χ0) is 15.4. The Bertz CT molecular complexity index is 537. The number of morpholine rings is 1. The fraction of sp³-hybridized carbons (Fsp3) is 0.429. The Balaban J connectivity index is 1.96. The molecule has 0 bridgehead atoms. The van der Waals surface area contributed by atoms with Gasteiger partial charge in [0.2, 0.25) is 0 Å². The van der Waals surface area contributed by atoms with Crippen LogP contribution in [0.3, 0.4) is 0 Å². The zero-order valence-electron chi connectivity index (χ0n) is 11.6. The van der Waals surface area contributed by atoms with E-state index in [1.807, 2.05) is 0 Å². The molecule has 7 heteroatoms. The van der Waals surface area contributed by atoms with Crippen molar-refractivity contribution in [2.45, 2.75) is 19.1 Å². The second kappa shape index (κ2) is 6.53. The van der Waals surface area contributed by atoms with Crippen LogP contribution in [-0.2, 0) is 9.53 Å². The maximum Gasteiger partial charge on any atom is 0.334 e. The summed E-state index contributed by atoms with van der Waals surface area (Å²) in [7, 11) is 0. The van der Waals surface area contributed by atoms with Gasteiger partial charge in [0.1, 0.15) is 5.82 Å². The largest absolute Gasteiger partial charge is 0.479 e. The van der Waals surface area contributed by atoms with Crippen molar-refractivity contribution in [3.63, 3.8) is 0 Å². The van der Waals surface area contributed by atoms with Crippen molar-refractivity contribution in [3.05, 3.63) is 35.6 Å². The molecule has 2 N–H and O–H groups in total. The van der Waals surface area contributed by atoms with E-state index in [-0.39, 0.29) is 31.0 Å². The number of halogens is 1. The smallest absolute Gasteiger partial charge is 0.334 e. The molecule has 1 aliphatic rings. The van der Waals surface area contributed by atoms with Gasteiger partial charge in [-0.15, -0.1) is 0 Å². The van der Waals surface area contributed by atoms with Crippen LogP contribution >= 0.6 is 0 Å². The molecule has 1 aromatic rings. The molecule has 0 radical (unpaired) electrons. The minimum Gasteiger partial charge on any atom is -0.479 e. The number of benzene rings is 1. The van der Waals surface area contributed by atoms with E-state index in [0.717, 1.165) is 0 Å². The summed E-state index contributed by atoms with van der Waals surface area (Å²) in [6.45, 7) is 2.24. The van der Waals surface area contributed by atoms with Gasteiger partial charge >= 0.3 is 12.0 Å². The first kappa shape index (κ1) is 15.2. The Morgan fingerprint density at radius 1 is 1.52 bits per heavy atom. The van der Waals surface area contributed by atoms with E-state index < -0.39 is 12.1 Å². The molecule has 0 aliphatic carbocycles. The van der Waals surface area contributed by atoms with Crippen molar-refractivity contribution in [2.24, 2.45) is 0 Å². The van der Waals surface area contributed by atoms with Crippen molar-refractivity contribution in [1.82, 2.24) is 10.2 Å². The van der Waals surface area contributed by atoms with Gasteiger partial charge < -0.3 is 20.1 Å². The van der Waals surface area contributed by atoms with Crippen molar-refractivity contribution in [3.8, 4) is 0 Å². The molecule has 0 saturated carbocycles. The number of hydrogen-bond donors (Lipinski definition) is 2. The lowest BCUT2D eigenvalue weighted by Crippen LogP contribution is -2.52. The molecule has 0 spiro atoms. The number of carboxylic acids is 1. The minimum absolute atomic E-state index is 0.00294. The number of urea groups is 1. The maximum atomic E-state index is 13.2.